The van der Waals surface area contributed by atoms with Crippen LogP contribution in [-0.4, -0.2) is 18.1 Å². The number of benzene rings is 1. The average Bonchev–Trinajstić information content (AvgIpc) is 2.35. The summed E-state index contributed by atoms with van der Waals surface area (Å²) in [5, 5.41) is 1.03. The Hall–Kier alpha value is -2.16. The SMILES string of the molecule is COC(=O)/C=C/c1cc(C)nc2ccccc12. The fourth-order valence-corrected chi connectivity index (χ4v) is 1.70. The largest absolute Gasteiger partial charge is 0.466 e. The molecule has 3 nitrogen and oxygen atoms in total. The number of hydrogen-bond donors (Lipinski definition) is 0. The minimum absolute atomic E-state index is 0.358. The molecule has 0 bridgehead atoms. The van der Waals surface area contributed by atoms with E-state index in [4.69, 9.17) is 0 Å². The molecule has 0 saturated heterocycles. The van der Waals surface area contributed by atoms with Gasteiger partial charge in [-0.05, 0) is 30.7 Å². The molecule has 2 aromatic rings. The number of rotatable bonds is 2. The molecule has 2 rings (SSSR count). The Morgan fingerprint density at radius 1 is 1.35 bits per heavy atom. The molecule has 0 fully saturated rings. The van der Waals surface area contributed by atoms with Gasteiger partial charge >= 0.3 is 5.97 Å². The summed E-state index contributed by atoms with van der Waals surface area (Å²) in [6.07, 6.45) is 3.17. The molecule has 0 aliphatic rings. The summed E-state index contributed by atoms with van der Waals surface area (Å²) in [6.45, 7) is 1.93. The third kappa shape index (κ3) is 2.50. The van der Waals surface area contributed by atoms with E-state index in [2.05, 4.69) is 9.72 Å². The van der Waals surface area contributed by atoms with Crippen LogP contribution < -0.4 is 0 Å². The van der Waals surface area contributed by atoms with Gasteiger partial charge in [-0.15, -0.1) is 0 Å². The molecule has 1 aromatic carbocycles. The van der Waals surface area contributed by atoms with Crippen LogP contribution in [0.2, 0.25) is 0 Å². The Balaban J connectivity index is 2.52. The molecular formula is C14H13NO2. The fourth-order valence-electron chi connectivity index (χ4n) is 1.70. The van der Waals surface area contributed by atoms with Crippen LogP contribution >= 0.6 is 0 Å². The summed E-state index contributed by atoms with van der Waals surface area (Å²) in [6, 6.07) is 9.79. The van der Waals surface area contributed by atoms with E-state index in [0.717, 1.165) is 22.2 Å². The lowest BCUT2D eigenvalue weighted by molar-refractivity contribution is -0.134. The van der Waals surface area contributed by atoms with Crippen LogP contribution in [0.15, 0.2) is 36.4 Å². The molecule has 86 valence electrons. The Bertz CT molecular complexity index is 588. The van der Waals surface area contributed by atoms with E-state index in [1.807, 2.05) is 37.3 Å². The van der Waals surface area contributed by atoms with Crippen LogP contribution in [-0.2, 0) is 9.53 Å². The molecule has 0 unspecified atom stereocenters. The van der Waals surface area contributed by atoms with Gasteiger partial charge in [0.25, 0.3) is 0 Å². The molecule has 0 amide bonds. The molecule has 17 heavy (non-hydrogen) atoms. The van der Waals surface area contributed by atoms with Crippen molar-refractivity contribution in [2.75, 3.05) is 7.11 Å². The van der Waals surface area contributed by atoms with E-state index in [9.17, 15) is 4.79 Å². The molecule has 0 saturated carbocycles. The number of nitrogens with zero attached hydrogens (tertiary/aromatic N) is 1. The van der Waals surface area contributed by atoms with E-state index in [1.54, 1.807) is 6.08 Å². The first kappa shape index (κ1) is 11.3. The number of para-hydroxylation sites is 1. The van der Waals surface area contributed by atoms with Gasteiger partial charge in [0.2, 0.25) is 0 Å². The molecule has 0 atom stereocenters. The summed E-state index contributed by atoms with van der Waals surface area (Å²) in [5.74, 6) is -0.358. The maximum absolute atomic E-state index is 11.1. The molecular weight excluding hydrogens is 214 g/mol. The van der Waals surface area contributed by atoms with Crippen molar-refractivity contribution in [3.8, 4) is 0 Å². The van der Waals surface area contributed by atoms with Crippen molar-refractivity contribution in [3.05, 3.63) is 47.7 Å². The average molecular weight is 227 g/mol. The standard InChI is InChI=1S/C14H13NO2/c1-10-9-11(7-8-14(16)17-2)12-5-3-4-6-13(12)15-10/h3-9H,1-2H3/b8-7+. The zero-order valence-corrected chi connectivity index (χ0v) is 9.81. The van der Waals surface area contributed by atoms with Crippen molar-refractivity contribution >= 4 is 22.9 Å². The molecule has 0 radical (unpaired) electrons. The van der Waals surface area contributed by atoms with Gasteiger partial charge in [-0.2, -0.15) is 0 Å². The summed E-state index contributed by atoms with van der Waals surface area (Å²) in [7, 11) is 1.36. The van der Waals surface area contributed by atoms with E-state index < -0.39 is 0 Å². The quantitative estimate of drug-likeness (QED) is 0.585. The summed E-state index contributed by atoms with van der Waals surface area (Å²) < 4.78 is 4.57. The number of aromatic nitrogens is 1. The van der Waals surface area contributed by atoms with Gasteiger partial charge in [-0.3, -0.25) is 4.98 Å². The smallest absolute Gasteiger partial charge is 0.330 e. The second kappa shape index (κ2) is 4.78. The van der Waals surface area contributed by atoms with Gasteiger partial charge in [-0.1, -0.05) is 18.2 Å². The number of esters is 1. The van der Waals surface area contributed by atoms with Crippen LogP contribution in [0.25, 0.3) is 17.0 Å². The van der Waals surface area contributed by atoms with Crippen molar-refractivity contribution in [1.82, 2.24) is 4.98 Å². The summed E-state index contributed by atoms with van der Waals surface area (Å²) in [4.78, 5) is 15.5. The highest BCUT2D eigenvalue weighted by Gasteiger charge is 2.01. The topological polar surface area (TPSA) is 39.2 Å². The van der Waals surface area contributed by atoms with Crippen molar-refractivity contribution in [1.29, 1.82) is 0 Å². The van der Waals surface area contributed by atoms with Gasteiger partial charge in [0.15, 0.2) is 0 Å². The Morgan fingerprint density at radius 3 is 2.88 bits per heavy atom. The van der Waals surface area contributed by atoms with Gasteiger partial charge in [0.05, 0.1) is 12.6 Å². The number of carbonyl (C=O) groups is 1. The number of hydrogen-bond acceptors (Lipinski definition) is 3. The van der Waals surface area contributed by atoms with E-state index in [-0.39, 0.29) is 5.97 Å². The number of pyridine rings is 1. The first-order valence-corrected chi connectivity index (χ1v) is 5.33. The lowest BCUT2D eigenvalue weighted by Gasteiger charge is -2.03. The zero-order chi connectivity index (χ0) is 12.3. The minimum atomic E-state index is -0.358. The molecule has 0 spiro atoms. The Kier molecular flexibility index (Phi) is 3.19. The van der Waals surface area contributed by atoms with Gasteiger partial charge in [0, 0.05) is 17.2 Å². The molecule has 0 aliphatic carbocycles. The fraction of sp³-hybridized carbons (Fsp3) is 0.143. The molecule has 1 aromatic heterocycles. The third-order valence-electron chi connectivity index (χ3n) is 2.48. The maximum Gasteiger partial charge on any atom is 0.330 e. The monoisotopic (exact) mass is 227 g/mol. The normalized spacial score (nSPS) is 10.9. The first-order chi connectivity index (χ1) is 8.20. The molecule has 0 N–H and O–H groups in total. The predicted molar refractivity (Wildman–Crippen MR) is 67.5 cm³/mol. The van der Waals surface area contributed by atoms with Crippen LogP contribution in [0.5, 0.6) is 0 Å². The zero-order valence-electron chi connectivity index (χ0n) is 9.81. The van der Waals surface area contributed by atoms with E-state index in [0.29, 0.717) is 0 Å². The number of aryl methyl sites for hydroxylation is 1. The van der Waals surface area contributed by atoms with E-state index >= 15 is 0 Å². The highest BCUT2D eigenvalue weighted by atomic mass is 16.5. The lowest BCUT2D eigenvalue weighted by atomic mass is 10.1. The van der Waals surface area contributed by atoms with Gasteiger partial charge in [-0.25, -0.2) is 4.79 Å². The van der Waals surface area contributed by atoms with Crippen LogP contribution in [0.3, 0.4) is 0 Å². The first-order valence-electron chi connectivity index (χ1n) is 5.33. The van der Waals surface area contributed by atoms with Crippen LogP contribution in [0.1, 0.15) is 11.3 Å². The van der Waals surface area contributed by atoms with E-state index in [1.165, 1.54) is 13.2 Å². The second-order valence-electron chi connectivity index (χ2n) is 3.73. The van der Waals surface area contributed by atoms with Gasteiger partial charge in [0.1, 0.15) is 0 Å². The lowest BCUT2D eigenvalue weighted by Crippen LogP contribution is -1.94. The molecule has 3 heteroatoms. The molecule has 1 heterocycles. The van der Waals surface area contributed by atoms with Crippen molar-refractivity contribution in [3.63, 3.8) is 0 Å². The second-order valence-corrected chi connectivity index (χ2v) is 3.73. The van der Waals surface area contributed by atoms with Crippen LogP contribution in [0, 0.1) is 6.92 Å². The maximum atomic E-state index is 11.1. The minimum Gasteiger partial charge on any atom is -0.466 e. The Morgan fingerprint density at radius 2 is 2.12 bits per heavy atom. The van der Waals surface area contributed by atoms with Gasteiger partial charge < -0.3 is 4.74 Å². The summed E-state index contributed by atoms with van der Waals surface area (Å²) >= 11 is 0. The predicted octanol–water partition coefficient (Wildman–Crippen LogP) is 2.73. The van der Waals surface area contributed by atoms with Crippen molar-refractivity contribution < 1.29 is 9.53 Å². The highest BCUT2D eigenvalue weighted by Crippen LogP contribution is 2.19. The highest BCUT2D eigenvalue weighted by molar-refractivity contribution is 5.93. The van der Waals surface area contributed by atoms with Crippen molar-refractivity contribution in [2.45, 2.75) is 6.92 Å². The molecule has 0 aliphatic heterocycles. The number of fused-ring (bicyclic) bond motifs is 1. The number of carbonyl (C=O) groups excluding carboxylic acids is 1. The third-order valence-corrected chi connectivity index (χ3v) is 2.48. The summed E-state index contributed by atoms with van der Waals surface area (Å²) in [5.41, 5.74) is 2.82. The number of methoxy groups -OCH3 is 1. The van der Waals surface area contributed by atoms with Crippen molar-refractivity contribution in [2.24, 2.45) is 0 Å². The Labute approximate surface area is 99.7 Å². The number of ether oxygens (including phenoxy) is 1. The van der Waals surface area contributed by atoms with Crippen LogP contribution in [0.4, 0.5) is 0 Å².